The fourth-order valence-corrected chi connectivity index (χ4v) is 3.48. The van der Waals surface area contributed by atoms with Gasteiger partial charge in [0.2, 0.25) is 0 Å². The molecule has 5 heterocycles. The van der Waals surface area contributed by atoms with E-state index in [-0.39, 0.29) is 11.6 Å². The van der Waals surface area contributed by atoms with Crippen LogP contribution in [0, 0.1) is 0 Å². The smallest absolute Gasteiger partial charge is 0.257 e. The molecule has 4 aromatic heterocycles. The molecule has 0 radical (unpaired) electrons. The fourth-order valence-electron chi connectivity index (χ4n) is 3.48. The van der Waals surface area contributed by atoms with Crippen LogP contribution in [-0.2, 0) is 6.54 Å². The van der Waals surface area contributed by atoms with E-state index in [1.54, 1.807) is 30.9 Å². The highest BCUT2D eigenvalue weighted by atomic mass is 16.5. The predicted molar refractivity (Wildman–Crippen MR) is 106 cm³/mol. The van der Waals surface area contributed by atoms with Gasteiger partial charge in [-0.3, -0.25) is 9.78 Å². The molecule has 0 fully saturated rings. The van der Waals surface area contributed by atoms with Gasteiger partial charge in [-0.1, -0.05) is 0 Å². The highest BCUT2D eigenvalue weighted by molar-refractivity contribution is 5.73. The standard InChI is InChI=1S/C20H19N7O2/c1-12(2)27-19(23-11-24-27)16-10-26-6-7-29-17-9-22-15(8-14(17)18(26)25-16)13-4-3-5-21-20(13)28/h3-5,8-12H,6-7H2,1-2H3,(H,21,28). The summed E-state index contributed by atoms with van der Waals surface area (Å²) in [6, 6.07) is 5.54. The first-order valence-corrected chi connectivity index (χ1v) is 9.40. The zero-order valence-electron chi connectivity index (χ0n) is 16.0. The number of ether oxygens (including phenoxy) is 1. The molecule has 9 heteroatoms. The summed E-state index contributed by atoms with van der Waals surface area (Å²) in [7, 11) is 0. The van der Waals surface area contributed by atoms with Crippen LogP contribution in [0.15, 0.2) is 47.9 Å². The molecule has 9 nitrogen and oxygen atoms in total. The van der Waals surface area contributed by atoms with Crippen LogP contribution in [0.4, 0.5) is 0 Å². The lowest BCUT2D eigenvalue weighted by molar-refractivity contribution is 0.305. The van der Waals surface area contributed by atoms with E-state index in [1.165, 1.54) is 0 Å². The lowest BCUT2D eigenvalue weighted by Crippen LogP contribution is -2.08. The maximum Gasteiger partial charge on any atom is 0.257 e. The van der Waals surface area contributed by atoms with Crippen LogP contribution in [0.3, 0.4) is 0 Å². The Hall–Kier alpha value is -3.75. The number of nitrogens with one attached hydrogen (secondary N) is 1. The van der Waals surface area contributed by atoms with Crippen LogP contribution in [0.2, 0.25) is 0 Å². The Morgan fingerprint density at radius 2 is 2.07 bits per heavy atom. The number of hydrogen-bond donors (Lipinski definition) is 1. The average Bonchev–Trinajstić information content (AvgIpc) is 3.33. The van der Waals surface area contributed by atoms with Gasteiger partial charge in [-0.15, -0.1) is 0 Å². The van der Waals surface area contributed by atoms with Gasteiger partial charge >= 0.3 is 0 Å². The molecule has 5 rings (SSSR count). The number of aromatic amines is 1. The molecule has 0 amide bonds. The van der Waals surface area contributed by atoms with E-state index in [1.807, 2.05) is 21.5 Å². The number of pyridine rings is 2. The third kappa shape index (κ3) is 2.91. The van der Waals surface area contributed by atoms with Crippen LogP contribution >= 0.6 is 0 Å². The largest absolute Gasteiger partial charge is 0.489 e. The summed E-state index contributed by atoms with van der Waals surface area (Å²) < 4.78 is 9.75. The van der Waals surface area contributed by atoms with Gasteiger partial charge in [0.05, 0.1) is 29.6 Å². The number of hydrogen-bond acceptors (Lipinski definition) is 6. The summed E-state index contributed by atoms with van der Waals surface area (Å²) in [6.07, 6.45) is 6.76. The van der Waals surface area contributed by atoms with Crippen LogP contribution < -0.4 is 10.3 Å². The predicted octanol–water partition coefficient (Wildman–Crippen LogP) is 2.53. The van der Waals surface area contributed by atoms with E-state index >= 15 is 0 Å². The second-order valence-corrected chi connectivity index (χ2v) is 7.09. The van der Waals surface area contributed by atoms with E-state index in [4.69, 9.17) is 9.72 Å². The number of H-pyrrole nitrogens is 1. The third-order valence-corrected chi connectivity index (χ3v) is 4.86. The molecule has 0 spiro atoms. The maximum absolute atomic E-state index is 12.2. The molecule has 1 aliphatic heterocycles. The van der Waals surface area contributed by atoms with Crippen LogP contribution in [-0.4, -0.2) is 40.9 Å². The van der Waals surface area contributed by atoms with Gasteiger partial charge in [-0.05, 0) is 32.0 Å². The molecule has 0 unspecified atom stereocenters. The monoisotopic (exact) mass is 389 g/mol. The van der Waals surface area contributed by atoms with Gasteiger partial charge in [0.25, 0.3) is 5.56 Å². The second kappa shape index (κ2) is 6.69. The van der Waals surface area contributed by atoms with E-state index in [0.29, 0.717) is 30.2 Å². The number of imidazole rings is 1. The van der Waals surface area contributed by atoms with Crippen molar-refractivity contribution in [1.29, 1.82) is 0 Å². The summed E-state index contributed by atoms with van der Waals surface area (Å²) >= 11 is 0. The Morgan fingerprint density at radius 3 is 2.90 bits per heavy atom. The molecule has 0 atom stereocenters. The Morgan fingerprint density at radius 1 is 1.17 bits per heavy atom. The Balaban J connectivity index is 1.66. The maximum atomic E-state index is 12.2. The van der Waals surface area contributed by atoms with Gasteiger partial charge < -0.3 is 14.3 Å². The lowest BCUT2D eigenvalue weighted by Gasteiger charge is -2.08. The molecule has 1 N–H and O–H groups in total. The minimum atomic E-state index is -0.191. The first kappa shape index (κ1) is 17.4. The molecule has 29 heavy (non-hydrogen) atoms. The minimum Gasteiger partial charge on any atom is -0.489 e. The molecule has 0 aliphatic carbocycles. The van der Waals surface area contributed by atoms with E-state index in [0.717, 1.165) is 22.9 Å². The Labute approximate surface area is 166 Å². The van der Waals surface area contributed by atoms with Gasteiger partial charge in [0.1, 0.15) is 30.2 Å². The number of rotatable bonds is 3. The van der Waals surface area contributed by atoms with Crippen molar-refractivity contribution in [2.24, 2.45) is 0 Å². The number of nitrogens with zero attached hydrogens (tertiary/aromatic N) is 6. The molecule has 1 aliphatic rings. The minimum absolute atomic E-state index is 0.172. The van der Waals surface area contributed by atoms with Crippen molar-refractivity contribution in [2.75, 3.05) is 6.61 Å². The van der Waals surface area contributed by atoms with Crippen molar-refractivity contribution in [1.82, 2.24) is 34.3 Å². The molecule has 4 aromatic rings. The third-order valence-electron chi connectivity index (χ3n) is 4.86. The Kier molecular flexibility index (Phi) is 4.01. The SMILES string of the molecule is CC(C)n1ncnc1-c1cn2c(n1)-c1cc(-c3ccc[nH]c3=O)ncc1OCC2. The van der Waals surface area contributed by atoms with Crippen molar-refractivity contribution in [3.05, 3.63) is 53.5 Å². The molecule has 0 saturated carbocycles. The number of fused-ring (bicyclic) bond motifs is 3. The summed E-state index contributed by atoms with van der Waals surface area (Å²) in [5.74, 6) is 2.11. The quantitative estimate of drug-likeness (QED) is 0.577. The lowest BCUT2D eigenvalue weighted by atomic mass is 10.1. The van der Waals surface area contributed by atoms with E-state index in [2.05, 4.69) is 33.9 Å². The van der Waals surface area contributed by atoms with E-state index in [9.17, 15) is 4.79 Å². The van der Waals surface area contributed by atoms with Crippen molar-refractivity contribution in [3.8, 4) is 39.9 Å². The molecule has 0 aromatic carbocycles. The van der Waals surface area contributed by atoms with Crippen molar-refractivity contribution in [2.45, 2.75) is 26.4 Å². The van der Waals surface area contributed by atoms with Crippen molar-refractivity contribution >= 4 is 0 Å². The Bertz CT molecular complexity index is 1250. The van der Waals surface area contributed by atoms with Gasteiger partial charge in [0.15, 0.2) is 5.82 Å². The first-order valence-electron chi connectivity index (χ1n) is 9.40. The normalized spacial score (nSPS) is 12.9. The molecular weight excluding hydrogens is 370 g/mol. The van der Waals surface area contributed by atoms with Crippen LogP contribution in [0.25, 0.3) is 34.2 Å². The van der Waals surface area contributed by atoms with Crippen LogP contribution in [0.5, 0.6) is 5.75 Å². The zero-order chi connectivity index (χ0) is 20.0. The molecule has 0 bridgehead atoms. The number of aromatic nitrogens is 7. The van der Waals surface area contributed by atoms with Crippen LogP contribution in [0.1, 0.15) is 19.9 Å². The fraction of sp³-hybridized carbons (Fsp3) is 0.250. The van der Waals surface area contributed by atoms with Crippen molar-refractivity contribution in [3.63, 3.8) is 0 Å². The topological polar surface area (TPSA) is 104 Å². The molecule has 146 valence electrons. The summed E-state index contributed by atoms with van der Waals surface area (Å²) in [5, 5.41) is 4.31. The zero-order valence-corrected chi connectivity index (χ0v) is 16.0. The molecular formula is C20H19N7O2. The van der Waals surface area contributed by atoms with Gasteiger partial charge in [-0.25, -0.2) is 14.6 Å². The summed E-state index contributed by atoms with van der Waals surface area (Å²) in [5.41, 5.74) is 2.41. The summed E-state index contributed by atoms with van der Waals surface area (Å²) in [4.78, 5) is 28.5. The van der Waals surface area contributed by atoms with E-state index < -0.39 is 0 Å². The van der Waals surface area contributed by atoms with Gasteiger partial charge in [-0.2, -0.15) is 5.10 Å². The first-order chi connectivity index (χ1) is 14.1. The summed E-state index contributed by atoms with van der Waals surface area (Å²) in [6.45, 7) is 5.25. The second-order valence-electron chi connectivity index (χ2n) is 7.09. The highest BCUT2D eigenvalue weighted by Gasteiger charge is 2.23. The average molecular weight is 389 g/mol. The highest BCUT2D eigenvalue weighted by Crippen LogP contribution is 2.35. The molecule has 0 saturated heterocycles. The van der Waals surface area contributed by atoms with Crippen molar-refractivity contribution < 1.29 is 4.74 Å². The van der Waals surface area contributed by atoms with Gasteiger partial charge in [0, 0.05) is 18.4 Å².